The quantitative estimate of drug-likeness (QED) is 0.583. The smallest absolute Gasteiger partial charge is 0.328 e. The number of hydrogen-bond donors (Lipinski definition) is 0. The summed E-state index contributed by atoms with van der Waals surface area (Å²) in [7, 11) is 0. The first-order valence-electron chi connectivity index (χ1n) is 5.79. The molecule has 0 fully saturated rings. The molecule has 0 atom stereocenters. The van der Waals surface area contributed by atoms with E-state index in [4.69, 9.17) is 0 Å². The Labute approximate surface area is 118 Å². The summed E-state index contributed by atoms with van der Waals surface area (Å²) in [6, 6.07) is 17.8. The summed E-state index contributed by atoms with van der Waals surface area (Å²) in [6.45, 7) is 0. The van der Waals surface area contributed by atoms with Gasteiger partial charge in [-0.25, -0.2) is 0 Å². The summed E-state index contributed by atoms with van der Waals surface area (Å²) in [5.74, 6) is 0.888. The molecule has 3 heterocycles. The van der Waals surface area contributed by atoms with Crippen LogP contribution in [0.3, 0.4) is 0 Å². The standard InChI is InChI=1S/C15H12N3.ClH/c1-4-10-16-13(7-1)14-8-3-6-12-18(14)15-9-2-5-11-17-15;/h1-12H;1H/q+1;/p-1. The molecule has 0 saturated heterocycles. The SMILES string of the molecule is [Cl-].c1ccc(-c2cccc[n+]2-c2ccccn2)nc1. The molecule has 0 unspecified atom stereocenters. The van der Waals surface area contributed by atoms with Crippen LogP contribution in [0.2, 0.25) is 0 Å². The Morgan fingerprint density at radius 1 is 0.737 bits per heavy atom. The van der Waals surface area contributed by atoms with E-state index in [-0.39, 0.29) is 12.4 Å². The normalized spacial score (nSPS) is 9.68. The minimum atomic E-state index is 0. The number of aromatic nitrogens is 3. The topological polar surface area (TPSA) is 29.7 Å². The summed E-state index contributed by atoms with van der Waals surface area (Å²) in [5.41, 5.74) is 1.96. The van der Waals surface area contributed by atoms with Gasteiger partial charge in [0.1, 0.15) is 11.9 Å². The van der Waals surface area contributed by atoms with Gasteiger partial charge in [-0.05, 0) is 35.3 Å². The Morgan fingerprint density at radius 3 is 2.16 bits per heavy atom. The van der Waals surface area contributed by atoms with Crippen molar-refractivity contribution < 1.29 is 17.0 Å². The molecule has 0 bridgehead atoms. The summed E-state index contributed by atoms with van der Waals surface area (Å²) in [4.78, 5) is 8.76. The fraction of sp³-hybridized carbons (Fsp3) is 0. The van der Waals surface area contributed by atoms with E-state index in [0.717, 1.165) is 17.2 Å². The second-order valence-corrected chi connectivity index (χ2v) is 3.86. The predicted octanol–water partition coefficient (Wildman–Crippen LogP) is -0.576. The molecule has 19 heavy (non-hydrogen) atoms. The van der Waals surface area contributed by atoms with Crippen molar-refractivity contribution in [3.8, 4) is 17.2 Å². The van der Waals surface area contributed by atoms with Crippen molar-refractivity contribution in [2.24, 2.45) is 0 Å². The average Bonchev–Trinajstić information content (AvgIpc) is 2.49. The lowest BCUT2D eigenvalue weighted by Crippen LogP contribution is -3.00. The lowest BCUT2D eigenvalue weighted by Gasteiger charge is -2.03. The minimum Gasteiger partial charge on any atom is -1.00 e. The number of hydrogen-bond acceptors (Lipinski definition) is 2. The highest BCUT2D eigenvalue weighted by molar-refractivity contribution is 5.50. The number of halogens is 1. The van der Waals surface area contributed by atoms with Crippen molar-refractivity contribution in [3.05, 3.63) is 73.2 Å². The van der Waals surface area contributed by atoms with Gasteiger partial charge in [0, 0.05) is 12.3 Å². The molecule has 0 saturated carbocycles. The zero-order valence-electron chi connectivity index (χ0n) is 10.1. The highest BCUT2D eigenvalue weighted by Crippen LogP contribution is 2.12. The maximum Gasteiger partial charge on any atom is 0.328 e. The van der Waals surface area contributed by atoms with E-state index in [1.807, 2.05) is 65.4 Å². The van der Waals surface area contributed by atoms with Crippen molar-refractivity contribution >= 4 is 0 Å². The molecule has 0 aliphatic rings. The molecule has 4 heteroatoms. The molecular weight excluding hydrogens is 258 g/mol. The van der Waals surface area contributed by atoms with Gasteiger partial charge in [-0.15, -0.1) is 0 Å². The van der Waals surface area contributed by atoms with Crippen LogP contribution in [-0.4, -0.2) is 9.97 Å². The molecule has 3 nitrogen and oxygen atoms in total. The summed E-state index contributed by atoms with van der Waals surface area (Å²) in [5, 5.41) is 0. The van der Waals surface area contributed by atoms with E-state index >= 15 is 0 Å². The van der Waals surface area contributed by atoms with Gasteiger partial charge in [0.2, 0.25) is 0 Å². The molecular formula is C15H12ClN3. The molecule has 3 rings (SSSR count). The maximum atomic E-state index is 4.39. The highest BCUT2D eigenvalue weighted by Gasteiger charge is 2.13. The van der Waals surface area contributed by atoms with Gasteiger partial charge in [0.25, 0.3) is 0 Å². The van der Waals surface area contributed by atoms with Crippen LogP contribution in [0.1, 0.15) is 0 Å². The largest absolute Gasteiger partial charge is 1.00 e. The Bertz CT molecular complexity index is 583. The first-order valence-corrected chi connectivity index (χ1v) is 5.79. The molecule has 0 amide bonds. The number of nitrogens with zero attached hydrogens (tertiary/aromatic N) is 3. The van der Waals surface area contributed by atoms with Crippen LogP contribution in [0.25, 0.3) is 17.2 Å². The first kappa shape index (κ1) is 13.2. The monoisotopic (exact) mass is 269 g/mol. The van der Waals surface area contributed by atoms with E-state index in [0.29, 0.717) is 0 Å². The molecule has 0 N–H and O–H groups in total. The third-order valence-corrected chi connectivity index (χ3v) is 2.68. The van der Waals surface area contributed by atoms with Crippen LogP contribution >= 0.6 is 0 Å². The van der Waals surface area contributed by atoms with Gasteiger partial charge in [-0.3, -0.25) is 4.98 Å². The number of rotatable bonds is 2. The van der Waals surface area contributed by atoms with E-state index in [9.17, 15) is 0 Å². The molecule has 0 aromatic carbocycles. The molecule has 3 aromatic heterocycles. The van der Waals surface area contributed by atoms with E-state index in [1.54, 1.807) is 12.4 Å². The Morgan fingerprint density at radius 2 is 1.47 bits per heavy atom. The highest BCUT2D eigenvalue weighted by atomic mass is 35.5. The molecule has 0 aliphatic carbocycles. The van der Waals surface area contributed by atoms with Crippen molar-refractivity contribution in [2.75, 3.05) is 0 Å². The Hall–Kier alpha value is -2.26. The minimum absolute atomic E-state index is 0. The summed E-state index contributed by atoms with van der Waals surface area (Å²) in [6.07, 6.45) is 5.58. The second-order valence-electron chi connectivity index (χ2n) is 3.86. The van der Waals surface area contributed by atoms with E-state index < -0.39 is 0 Å². The lowest BCUT2D eigenvalue weighted by molar-refractivity contribution is -0.588. The molecule has 0 radical (unpaired) electrons. The average molecular weight is 270 g/mol. The van der Waals surface area contributed by atoms with Crippen molar-refractivity contribution in [2.45, 2.75) is 0 Å². The zero-order chi connectivity index (χ0) is 12.2. The molecule has 94 valence electrons. The van der Waals surface area contributed by atoms with Crippen molar-refractivity contribution in [3.63, 3.8) is 0 Å². The summed E-state index contributed by atoms with van der Waals surface area (Å²) < 4.78 is 2.03. The summed E-state index contributed by atoms with van der Waals surface area (Å²) >= 11 is 0. The van der Waals surface area contributed by atoms with Crippen molar-refractivity contribution in [1.29, 1.82) is 0 Å². The van der Waals surface area contributed by atoms with Crippen LogP contribution in [0.5, 0.6) is 0 Å². The fourth-order valence-corrected chi connectivity index (χ4v) is 1.86. The second kappa shape index (κ2) is 6.07. The zero-order valence-corrected chi connectivity index (χ0v) is 10.9. The molecule has 0 aliphatic heterocycles. The third kappa shape index (κ3) is 2.77. The van der Waals surface area contributed by atoms with Gasteiger partial charge in [0.15, 0.2) is 5.69 Å². The van der Waals surface area contributed by atoms with Gasteiger partial charge in [0.05, 0.1) is 6.20 Å². The molecule has 0 spiro atoms. The van der Waals surface area contributed by atoms with Crippen LogP contribution < -0.4 is 17.0 Å². The van der Waals surface area contributed by atoms with Crippen molar-refractivity contribution in [1.82, 2.24) is 9.97 Å². The third-order valence-electron chi connectivity index (χ3n) is 2.68. The fourth-order valence-electron chi connectivity index (χ4n) is 1.86. The van der Waals surface area contributed by atoms with Crippen LogP contribution in [0.4, 0.5) is 0 Å². The first-order chi connectivity index (χ1) is 8.95. The Balaban J connectivity index is 0.00000133. The van der Waals surface area contributed by atoms with Gasteiger partial charge >= 0.3 is 5.82 Å². The maximum absolute atomic E-state index is 4.39. The lowest BCUT2D eigenvalue weighted by atomic mass is 10.2. The van der Waals surface area contributed by atoms with Crippen LogP contribution in [0, 0.1) is 0 Å². The molecule has 3 aromatic rings. The predicted molar refractivity (Wildman–Crippen MR) is 69.0 cm³/mol. The van der Waals surface area contributed by atoms with Gasteiger partial charge < -0.3 is 12.4 Å². The van der Waals surface area contributed by atoms with Crippen LogP contribution in [0.15, 0.2) is 73.2 Å². The number of pyridine rings is 3. The van der Waals surface area contributed by atoms with Gasteiger partial charge in [-0.2, -0.15) is 4.57 Å². The van der Waals surface area contributed by atoms with E-state index in [2.05, 4.69) is 9.97 Å². The van der Waals surface area contributed by atoms with E-state index in [1.165, 1.54) is 0 Å². The van der Waals surface area contributed by atoms with Gasteiger partial charge in [-0.1, -0.05) is 18.2 Å². The van der Waals surface area contributed by atoms with Crippen LogP contribution in [-0.2, 0) is 0 Å². The Kier molecular flexibility index (Phi) is 4.21.